The highest BCUT2D eigenvalue weighted by atomic mass is 16.6. The van der Waals surface area contributed by atoms with Gasteiger partial charge in [0.25, 0.3) is 17.6 Å². The van der Waals surface area contributed by atoms with Crippen molar-refractivity contribution in [2.75, 3.05) is 24.5 Å². The minimum atomic E-state index is -0.501. The number of benzene rings is 2. The van der Waals surface area contributed by atoms with Gasteiger partial charge in [0.15, 0.2) is 5.58 Å². The van der Waals surface area contributed by atoms with Gasteiger partial charge in [0.05, 0.1) is 4.92 Å². The van der Waals surface area contributed by atoms with Crippen molar-refractivity contribution >= 4 is 28.7 Å². The van der Waals surface area contributed by atoms with Gasteiger partial charge in [-0.1, -0.05) is 18.2 Å². The predicted molar refractivity (Wildman–Crippen MR) is 104 cm³/mol. The molecule has 2 heterocycles. The second-order valence-electron chi connectivity index (χ2n) is 6.91. The molecule has 144 valence electrons. The molecule has 2 aromatic carbocycles. The van der Waals surface area contributed by atoms with E-state index in [0.29, 0.717) is 24.0 Å². The van der Waals surface area contributed by atoms with Gasteiger partial charge in [-0.15, -0.1) is 0 Å². The summed E-state index contributed by atoms with van der Waals surface area (Å²) in [4.78, 5) is 29.3. The van der Waals surface area contributed by atoms with E-state index in [0.717, 1.165) is 37.0 Å². The first-order chi connectivity index (χ1) is 13.6. The van der Waals surface area contributed by atoms with Crippen molar-refractivity contribution in [3.63, 3.8) is 0 Å². The molecule has 28 heavy (non-hydrogen) atoms. The van der Waals surface area contributed by atoms with Crippen molar-refractivity contribution in [3.05, 3.63) is 64.2 Å². The molecule has 1 amide bonds. The van der Waals surface area contributed by atoms with E-state index in [4.69, 9.17) is 4.42 Å². The van der Waals surface area contributed by atoms with Crippen LogP contribution in [-0.2, 0) is 0 Å². The molecule has 0 unspecified atom stereocenters. The molecular weight excluding hydrogens is 360 g/mol. The number of para-hydroxylation sites is 2. The molecule has 1 fully saturated rings. The van der Waals surface area contributed by atoms with E-state index < -0.39 is 4.92 Å². The minimum absolute atomic E-state index is 0.0840. The van der Waals surface area contributed by atoms with Gasteiger partial charge in [-0.05, 0) is 37.0 Å². The highest BCUT2D eigenvalue weighted by Crippen LogP contribution is 2.26. The lowest BCUT2D eigenvalue weighted by atomic mass is 9.97. The number of carbonyl (C=O) groups is 1. The van der Waals surface area contributed by atoms with Gasteiger partial charge in [-0.25, -0.2) is 0 Å². The van der Waals surface area contributed by atoms with Gasteiger partial charge in [0, 0.05) is 37.3 Å². The topological polar surface area (TPSA) is 102 Å². The van der Waals surface area contributed by atoms with E-state index in [9.17, 15) is 14.9 Å². The Hall–Kier alpha value is -3.42. The molecule has 0 spiro atoms. The van der Waals surface area contributed by atoms with Crippen molar-refractivity contribution in [2.45, 2.75) is 12.8 Å². The Morgan fingerprint density at radius 3 is 2.75 bits per heavy atom. The Balaban J connectivity index is 1.30. The summed E-state index contributed by atoms with van der Waals surface area (Å²) >= 11 is 0. The number of nitro benzene ring substituents is 1. The number of amides is 1. The van der Waals surface area contributed by atoms with Crippen molar-refractivity contribution in [3.8, 4) is 0 Å². The second kappa shape index (κ2) is 7.67. The number of aromatic nitrogens is 1. The van der Waals surface area contributed by atoms with Crippen LogP contribution in [-0.4, -0.2) is 35.4 Å². The Morgan fingerprint density at radius 1 is 1.21 bits per heavy atom. The van der Waals surface area contributed by atoms with Crippen LogP contribution in [0.1, 0.15) is 23.2 Å². The van der Waals surface area contributed by atoms with Gasteiger partial charge < -0.3 is 14.6 Å². The first-order valence-electron chi connectivity index (χ1n) is 9.23. The molecule has 0 saturated carbocycles. The van der Waals surface area contributed by atoms with E-state index in [2.05, 4.69) is 15.2 Å². The number of nitro groups is 1. The number of nitrogens with one attached hydrogen (secondary N) is 1. The molecule has 1 aliphatic rings. The van der Waals surface area contributed by atoms with E-state index in [1.165, 1.54) is 18.2 Å². The summed E-state index contributed by atoms with van der Waals surface area (Å²) in [6.45, 7) is 2.16. The number of hydrogen-bond donors (Lipinski definition) is 1. The number of piperidine rings is 1. The first-order valence-corrected chi connectivity index (χ1v) is 9.23. The van der Waals surface area contributed by atoms with Gasteiger partial charge in [-0.3, -0.25) is 14.9 Å². The quantitative estimate of drug-likeness (QED) is 0.538. The van der Waals surface area contributed by atoms with Crippen molar-refractivity contribution in [1.82, 2.24) is 10.3 Å². The molecule has 1 aromatic heterocycles. The minimum Gasteiger partial charge on any atom is -0.423 e. The molecule has 0 atom stereocenters. The molecule has 0 aliphatic carbocycles. The number of fused-ring (bicyclic) bond motifs is 1. The van der Waals surface area contributed by atoms with Crippen LogP contribution >= 0.6 is 0 Å². The lowest BCUT2D eigenvalue weighted by molar-refractivity contribution is -0.384. The zero-order valence-electron chi connectivity index (χ0n) is 15.2. The maximum atomic E-state index is 12.3. The fourth-order valence-electron chi connectivity index (χ4n) is 3.42. The van der Waals surface area contributed by atoms with E-state index in [-0.39, 0.29) is 11.6 Å². The van der Waals surface area contributed by atoms with E-state index in [1.54, 1.807) is 6.07 Å². The predicted octanol–water partition coefficient (Wildman–Crippen LogP) is 3.38. The molecular formula is C20H20N4O4. The summed E-state index contributed by atoms with van der Waals surface area (Å²) in [6.07, 6.45) is 1.82. The highest BCUT2D eigenvalue weighted by molar-refractivity contribution is 5.94. The SMILES string of the molecule is O=C(NCC1CCN(c2nc3ccccc3o2)CC1)c1cccc([N+](=O)[O-])c1. The smallest absolute Gasteiger partial charge is 0.298 e. The number of nitrogens with zero attached hydrogens (tertiary/aromatic N) is 3. The summed E-state index contributed by atoms with van der Waals surface area (Å²) in [5.41, 5.74) is 1.85. The number of carbonyl (C=O) groups excluding carboxylic acids is 1. The fraction of sp³-hybridized carbons (Fsp3) is 0.300. The molecule has 8 nitrogen and oxygen atoms in total. The molecule has 3 aromatic rings. The molecule has 1 saturated heterocycles. The van der Waals surface area contributed by atoms with Crippen LogP contribution < -0.4 is 10.2 Å². The molecule has 0 radical (unpaired) electrons. The summed E-state index contributed by atoms with van der Waals surface area (Å²) in [5.74, 6) is 0.0633. The number of hydrogen-bond acceptors (Lipinski definition) is 6. The number of oxazole rings is 1. The summed E-state index contributed by atoms with van der Waals surface area (Å²) in [6, 6.07) is 14.1. The maximum absolute atomic E-state index is 12.3. The second-order valence-corrected chi connectivity index (χ2v) is 6.91. The Kier molecular flexibility index (Phi) is 4.92. The largest absolute Gasteiger partial charge is 0.423 e. The van der Waals surface area contributed by atoms with E-state index in [1.807, 2.05) is 24.3 Å². The van der Waals surface area contributed by atoms with Crippen molar-refractivity contribution in [2.24, 2.45) is 5.92 Å². The number of anilines is 1. The highest BCUT2D eigenvalue weighted by Gasteiger charge is 2.23. The van der Waals surface area contributed by atoms with E-state index >= 15 is 0 Å². The molecule has 0 bridgehead atoms. The number of non-ortho nitro benzene ring substituents is 1. The van der Waals surface area contributed by atoms with Crippen LogP contribution in [0.15, 0.2) is 52.9 Å². The monoisotopic (exact) mass is 380 g/mol. The zero-order chi connectivity index (χ0) is 19.5. The average Bonchev–Trinajstić information content (AvgIpc) is 3.16. The molecule has 1 N–H and O–H groups in total. The third-order valence-corrected chi connectivity index (χ3v) is 5.04. The standard InChI is InChI=1S/C20H20N4O4/c25-19(15-4-3-5-16(12-15)24(26)27)21-13-14-8-10-23(11-9-14)20-22-17-6-1-2-7-18(17)28-20/h1-7,12,14H,8-11,13H2,(H,21,25). The van der Waals surface area contributed by atoms with Gasteiger partial charge in [0.2, 0.25) is 0 Å². The normalized spacial score (nSPS) is 14.9. The van der Waals surface area contributed by atoms with Crippen LogP contribution in [0.2, 0.25) is 0 Å². The molecule has 1 aliphatic heterocycles. The third kappa shape index (κ3) is 3.80. The summed E-state index contributed by atoms with van der Waals surface area (Å²) in [7, 11) is 0. The van der Waals surface area contributed by atoms with Crippen LogP contribution in [0.5, 0.6) is 0 Å². The van der Waals surface area contributed by atoms with Crippen LogP contribution in [0.25, 0.3) is 11.1 Å². The van der Waals surface area contributed by atoms with Gasteiger partial charge >= 0.3 is 0 Å². The summed E-state index contributed by atoms with van der Waals surface area (Å²) in [5, 5.41) is 13.7. The van der Waals surface area contributed by atoms with Crippen LogP contribution in [0, 0.1) is 16.0 Å². The van der Waals surface area contributed by atoms with Crippen LogP contribution in [0.4, 0.5) is 11.7 Å². The zero-order valence-corrected chi connectivity index (χ0v) is 15.2. The maximum Gasteiger partial charge on any atom is 0.298 e. The summed E-state index contributed by atoms with van der Waals surface area (Å²) < 4.78 is 5.82. The van der Waals surface area contributed by atoms with Crippen molar-refractivity contribution in [1.29, 1.82) is 0 Å². The number of rotatable bonds is 5. The average molecular weight is 380 g/mol. The van der Waals surface area contributed by atoms with Gasteiger partial charge in [0.1, 0.15) is 5.52 Å². The Labute approximate surface area is 161 Å². The molecule has 4 rings (SSSR count). The third-order valence-electron chi connectivity index (χ3n) is 5.04. The molecule has 8 heteroatoms. The lowest BCUT2D eigenvalue weighted by Crippen LogP contribution is -2.38. The van der Waals surface area contributed by atoms with Crippen LogP contribution in [0.3, 0.4) is 0 Å². The Bertz CT molecular complexity index is 975. The Morgan fingerprint density at radius 2 is 2.00 bits per heavy atom. The fourth-order valence-corrected chi connectivity index (χ4v) is 3.42. The lowest BCUT2D eigenvalue weighted by Gasteiger charge is -2.30. The van der Waals surface area contributed by atoms with Gasteiger partial charge in [-0.2, -0.15) is 4.98 Å². The first kappa shape index (κ1) is 18.0. The van der Waals surface area contributed by atoms with Crippen molar-refractivity contribution < 1.29 is 14.1 Å².